The van der Waals surface area contributed by atoms with Gasteiger partial charge in [-0.25, -0.2) is 4.98 Å². The first-order chi connectivity index (χ1) is 14.1. The highest BCUT2D eigenvalue weighted by Crippen LogP contribution is 2.31. The van der Waals surface area contributed by atoms with Crippen molar-refractivity contribution in [3.63, 3.8) is 0 Å². The Kier molecular flexibility index (Phi) is 6.31. The van der Waals surface area contributed by atoms with E-state index in [4.69, 9.17) is 11.6 Å². The third-order valence-corrected chi connectivity index (χ3v) is 4.69. The summed E-state index contributed by atoms with van der Waals surface area (Å²) in [5, 5.41) is 5.95. The number of rotatable bonds is 5. The largest absolute Gasteiger partial charge is 0.433 e. The maximum atomic E-state index is 13.2. The molecule has 0 saturated carbocycles. The lowest BCUT2D eigenvalue weighted by Crippen LogP contribution is -2.24. The number of amides is 1. The first kappa shape index (κ1) is 21.6. The average molecular weight is 434 g/mol. The molecule has 1 heterocycles. The van der Waals surface area contributed by atoms with Crippen LogP contribution in [0.4, 0.5) is 24.7 Å². The molecular weight excluding hydrogens is 415 g/mol. The number of alkyl halides is 3. The second-order valence-corrected chi connectivity index (χ2v) is 7.28. The fourth-order valence-corrected chi connectivity index (χ4v) is 2.91. The van der Waals surface area contributed by atoms with Crippen LogP contribution in [-0.2, 0) is 12.7 Å². The van der Waals surface area contributed by atoms with Crippen LogP contribution in [-0.4, -0.2) is 10.9 Å². The predicted octanol–water partition coefficient (Wildman–Crippen LogP) is 6.04. The molecule has 4 nitrogen and oxygen atoms in total. The standard InChI is InChI=1S/C22H19ClF3N3O/c1-13-3-6-15(7-4-13)12-27-21(30)17-9-10-19(22(24,25)26)29-20(17)28-18-11-16(23)8-5-14(18)2/h3-11H,12H2,1-2H3,(H,27,30)(H,28,29). The van der Waals surface area contributed by atoms with E-state index in [-0.39, 0.29) is 17.9 Å². The average Bonchev–Trinajstić information content (AvgIpc) is 2.69. The molecule has 156 valence electrons. The van der Waals surface area contributed by atoms with Crippen LogP contribution in [0.2, 0.25) is 5.02 Å². The number of aryl methyl sites for hydroxylation is 2. The molecule has 0 aliphatic carbocycles. The zero-order valence-corrected chi connectivity index (χ0v) is 17.0. The van der Waals surface area contributed by atoms with Gasteiger partial charge >= 0.3 is 6.18 Å². The van der Waals surface area contributed by atoms with E-state index in [0.717, 1.165) is 28.8 Å². The lowest BCUT2D eigenvalue weighted by molar-refractivity contribution is -0.141. The number of nitrogens with zero attached hydrogens (tertiary/aromatic N) is 1. The maximum absolute atomic E-state index is 13.2. The van der Waals surface area contributed by atoms with Crippen LogP contribution in [0.25, 0.3) is 0 Å². The van der Waals surface area contributed by atoms with E-state index in [2.05, 4.69) is 15.6 Å². The summed E-state index contributed by atoms with van der Waals surface area (Å²) < 4.78 is 39.5. The van der Waals surface area contributed by atoms with E-state index in [1.807, 2.05) is 31.2 Å². The van der Waals surface area contributed by atoms with Crippen molar-refractivity contribution in [2.75, 3.05) is 5.32 Å². The Bertz CT molecular complexity index is 1070. The summed E-state index contributed by atoms with van der Waals surface area (Å²) in [6.45, 7) is 3.95. The molecule has 0 atom stereocenters. The topological polar surface area (TPSA) is 54.0 Å². The Morgan fingerprint density at radius 3 is 2.40 bits per heavy atom. The van der Waals surface area contributed by atoms with Gasteiger partial charge in [0.15, 0.2) is 0 Å². The van der Waals surface area contributed by atoms with Crippen molar-refractivity contribution >= 4 is 29.0 Å². The van der Waals surface area contributed by atoms with Crippen molar-refractivity contribution in [2.24, 2.45) is 0 Å². The van der Waals surface area contributed by atoms with Gasteiger partial charge in [0, 0.05) is 17.3 Å². The second-order valence-electron chi connectivity index (χ2n) is 6.84. The minimum atomic E-state index is -4.64. The van der Waals surface area contributed by atoms with Crippen molar-refractivity contribution in [1.82, 2.24) is 10.3 Å². The third-order valence-electron chi connectivity index (χ3n) is 4.46. The molecule has 3 aromatic rings. The summed E-state index contributed by atoms with van der Waals surface area (Å²) >= 11 is 6.00. The van der Waals surface area contributed by atoms with Crippen LogP contribution in [0.3, 0.4) is 0 Å². The van der Waals surface area contributed by atoms with Gasteiger partial charge in [0.25, 0.3) is 5.91 Å². The molecule has 0 unspecified atom stereocenters. The second kappa shape index (κ2) is 8.75. The number of carbonyl (C=O) groups is 1. The molecule has 0 aliphatic rings. The number of hydrogen-bond donors (Lipinski definition) is 2. The normalized spacial score (nSPS) is 11.3. The molecule has 0 aliphatic heterocycles. The molecule has 30 heavy (non-hydrogen) atoms. The summed E-state index contributed by atoms with van der Waals surface area (Å²) in [6.07, 6.45) is -4.64. The predicted molar refractivity (Wildman–Crippen MR) is 111 cm³/mol. The number of benzene rings is 2. The number of carbonyl (C=O) groups excluding carboxylic acids is 1. The number of aromatic nitrogens is 1. The summed E-state index contributed by atoms with van der Waals surface area (Å²) in [6, 6.07) is 14.4. The first-order valence-corrected chi connectivity index (χ1v) is 9.46. The van der Waals surface area contributed by atoms with Crippen LogP contribution in [0.15, 0.2) is 54.6 Å². The van der Waals surface area contributed by atoms with Gasteiger partial charge in [0.1, 0.15) is 11.5 Å². The molecule has 2 N–H and O–H groups in total. The van der Waals surface area contributed by atoms with Crippen molar-refractivity contribution in [1.29, 1.82) is 0 Å². The molecule has 1 amide bonds. The molecular formula is C22H19ClF3N3O. The molecule has 0 spiro atoms. The summed E-state index contributed by atoms with van der Waals surface area (Å²) in [4.78, 5) is 16.4. The van der Waals surface area contributed by atoms with Crippen LogP contribution in [0.5, 0.6) is 0 Å². The van der Waals surface area contributed by atoms with Crippen LogP contribution >= 0.6 is 11.6 Å². The van der Waals surface area contributed by atoms with Crippen molar-refractivity contribution < 1.29 is 18.0 Å². The van der Waals surface area contributed by atoms with E-state index in [1.165, 1.54) is 0 Å². The SMILES string of the molecule is Cc1ccc(CNC(=O)c2ccc(C(F)(F)F)nc2Nc2cc(Cl)ccc2C)cc1. The fraction of sp³-hybridized carbons (Fsp3) is 0.182. The molecule has 0 bridgehead atoms. The molecule has 3 rings (SSSR count). The fourth-order valence-electron chi connectivity index (χ4n) is 2.74. The number of hydrogen-bond acceptors (Lipinski definition) is 3. The van der Waals surface area contributed by atoms with Gasteiger partial charge in [-0.3, -0.25) is 4.79 Å². The van der Waals surface area contributed by atoms with Gasteiger partial charge in [0.2, 0.25) is 0 Å². The van der Waals surface area contributed by atoms with Crippen molar-refractivity contribution in [3.05, 3.63) is 87.6 Å². The molecule has 0 radical (unpaired) electrons. The Balaban J connectivity index is 1.91. The van der Waals surface area contributed by atoms with Gasteiger partial charge in [-0.15, -0.1) is 0 Å². The van der Waals surface area contributed by atoms with Gasteiger partial charge in [-0.2, -0.15) is 13.2 Å². The molecule has 2 aromatic carbocycles. The number of anilines is 2. The lowest BCUT2D eigenvalue weighted by Gasteiger charge is -2.16. The maximum Gasteiger partial charge on any atom is 0.433 e. The third kappa shape index (κ3) is 5.30. The van der Waals surface area contributed by atoms with Crippen LogP contribution in [0, 0.1) is 13.8 Å². The van der Waals surface area contributed by atoms with Crippen LogP contribution in [0.1, 0.15) is 32.7 Å². The Labute approximate surface area is 177 Å². The van der Waals surface area contributed by atoms with Gasteiger partial charge < -0.3 is 10.6 Å². The highest BCUT2D eigenvalue weighted by Gasteiger charge is 2.33. The van der Waals surface area contributed by atoms with E-state index in [1.54, 1.807) is 25.1 Å². The first-order valence-electron chi connectivity index (χ1n) is 9.08. The lowest BCUT2D eigenvalue weighted by atomic mass is 10.1. The Morgan fingerprint density at radius 2 is 1.73 bits per heavy atom. The van der Waals surface area contributed by atoms with Gasteiger partial charge in [-0.1, -0.05) is 47.5 Å². The van der Waals surface area contributed by atoms with Gasteiger partial charge in [-0.05, 0) is 49.2 Å². The number of nitrogens with one attached hydrogen (secondary N) is 2. The van der Waals surface area contributed by atoms with E-state index in [9.17, 15) is 18.0 Å². The molecule has 0 fully saturated rings. The quantitative estimate of drug-likeness (QED) is 0.515. The zero-order chi connectivity index (χ0) is 21.9. The van der Waals surface area contributed by atoms with Crippen LogP contribution < -0.4 is 10.6 Å². The molecule has 8 heteroatoms. The summed E-state index contributed by atoms with van der Waals surface area (Å²) in [7, 11) is 0. The highest BCUT2D eigenvalue weighted by atomic mass is 35.5. The highest BCUT2D eigenvalue weighted by molar-refractivity contribution is 6.30. The number of pyridine rings is 1. The van der Waals surface area contributed by atoms with E-state index < -0.39 is 17.8 Å². The number of halogens is 4. The zero-order valence-electron chi connectivity index (χ0n) is 16.3. The van der Waals surface area contributed by atoms with Crippen molar-refractivity contribution in [3.8, 4) is 0 Å². The smallest absolute Gasteiger partial charge is 0.348 e. The molecule has 1 aromatic heterocycles. The minimum Gasteiger partial charge on any atom is -0.348 e. The summed E-state index contributed by atoms with van der Waals surface area (Å²) in [5.41, 5.74) is 2.05. The van der Waals surface area contributed by atoms with E-state index >= 15 is 0 Å². The minimum absolute atomic E-state index is 0.00510. The van der Waals surface area contributed by atoms with E-state index in [0.29, 0.717) is 10.7 Å². The monoisotopic (exact) mass is 433 g/mol. The van der Waals surface area contributed by atoms with Crippen molar-refractivity contribution in [2.45, 2.75) is 26.6 Å². The Hall–Kier alpha value is -3.06. The Morgan fingerprint density at radius 1 is 1.03 bits per heavy atom. The summed E-state index contributed by atoms with van der Waals surface area (Å²) in [5.74, 6) is -0.740. The molecule has 0 saturated heterocycles. The van der Waals surface area contributed by atoms with Gasteiger partial charge in [0.05, 0.1) is 5.56 Å².